The highest BCUT2D eigenvalue weighted by Gasteiger charge is 2.12. The molecule has 4 nitrogen and oxygen atoms in total. The van der Waals surface area contributed by atoms with Crippen molar-refractivity contribution in [1.82, 2.24) is 20.4 Å². The molecule has 2 aromatic rings. The summed E-state index contributed by atoms with van der Waals surface area (Å²) in [5, 5.41) is 11.9. The first-order chi connectivity index (χ1) is 9.81. The van der Waals surface area contributed by atoms with Crippen LogP contribution in [-0.4, -0.2) is 40.8 Å². The summed E-state index contributed by atoms with van der Waals surface area (Å²) in [6.45, 7) is 6.90. The van der Waals surface area contributed by atoms with E-state index in [0.29, 0.717) is 6.04 Å². The van der Waals surface area contributed by atoms with E-state index in [0.717, 1.165) is 18.6 Å². The molecule has 1 aliphatic rings. The number of piperidine rings is 1. The van der Waals surface area contributed by atoms with Crippen LogP contribution in [0.5, 0.6) is 0 Å². The molecule has 1 aromatic heterocycles. The van der Waals surface area contributed by atoms with E-state index in [2.05, 4.69) is 45.5 Å². The smallest absolute Gasteiger partial charge is 0.0653 e. The van der Waals surface area contributed by atoms with E-state index in [4.69, 9.17) is 0 Å². The highest BCUT2D eigenvalue weighted by atomic mass is 15.1. The molecule has 0 amide bonds. The summed E-state index contributed by atoms with van der Waals surface area (Å²) in [6.07, 6.45) is 6.00. The van der Waals surface area contributed by atoms with E-state index in [1.807, 2.05) is 6.20 Å². The number of aromatic amines is 1. The van der Waals surface area contributed by atoms with E-state index in [1.54, 1.807) is 0 Å². The Balaban J connectivity index is 1.50. The molecule has 108 valence electrons. The van der Waals surface area contributed by atoms with Gasteiger partial charge in [0.05, 0.1) is 11.7 Å². The van der Waals surface area contributed by atoms with Gasteiger partial charge in [0.1, 0.15) is 0 Å². The Bertz CT molecular complexity index is 542. The van der Waals surface area contributed by atoms with Gasteiger partial charge in [-0.25, -0.2) is 0 Å². The minimum atomic E-state index is 0.533. The average Bonchev–Trinajstić information content (AvgIpc) is 2.93. The third-order valence-electron chi connectivity index (χ3n) is 4.14. The largest absolute Gasteiger partial charge is 0.309 e. The van der Waals surface area contributed by atoms with E-state index in [9.17, 15) is 0 Å². The molecule has 1 aromatic carbocycles. The van der Waals surface area contributed by atoms with Gasteiger partial charge in [-0.15, -0.1) is 0 Å². The summed E-state index contributed by atoms with van der Waals surface area (Å²) in [5.41, 5.74) is 2.43. The summed E-state index contributed by atoms with van der Waals surface area (Å²) in [4.78, 5) is 2.58. The molecule has 2 heterocycles. The van der Waals surface area contributed by atoms with Crippen LogP contribution in [0.2, 0.25) is 0 Å². The number of hydrogen-bond donors (Lipinski definition) is 2. The molecule has 0 radical (unpaired) electrons. The summed E-state index contributed by atoms with van der Waals surface area (Å²) < 4.78 is 0. The Hall–Kier alpha value is -1.39. The number of H-pyrrole nitrogens is 1. The predicted octanol–water partition coefficient (Wildman–Crippen LogP) is 2.53. The molecule has 1 atom stereocenters. The van der Waals surface area contributed by atoms with Gasteiger partial charge in [0, 0.05) is 24.5 Å². The number of likely N-dealkylation sites (tertiary alicyclic amines) is 1. The Morgan fingerprint density at radius 3 is 3.00 bits per heavy atom. The van der Waals surface area contributed by atoms with Crippen LogP contribution in [0.3, 0.4) is 0 Å². The molecule has 1 aliphatic heterocycles. The lowest BCUT2D eigenvalue weighted by Crippen LogP contribution is -2.41. The number of fused-ring (bicyclic) bond motifs is 1. The van der Waals surface area contributed by atoms with Gasteiger partial charge in [-0.2, -0.15) is 5.10 Å². The van der Waals surface area contributed by atoms with Gasteiger partial charge < -0.3 is 10.2 Å². The monoisotopic (exact) mass is 272 g/mol. The Morgan fingerprint density at radius 2 is 2.15 bits per heavy atom. The fourth-order valence-electron chi connectivity index (χ4n) is 2.98. The molecule has 1 unspecified atom stereocenters. The fourth-order valence-corrected chi connectivity index (χ4v) is 2.98. The Kier molecular flexibility index (Phi) is 4.33. The van der Waals surface area contributed by atoms with Crippen LogP contribution in [0.4, 0.5) is 0 Å². The number of rotatable bonds is 5. The molecule has 0 spiro atoms. The Labute approximate surface area is 120 Å². The normalized spacial score (nSPS) is 18.4. The second-order valence-corrected chi connectivity index (χ2v) is 5.93. The summed E-state index contributed by atoms with van der Waals surface area (Å²) in [5.74, 6) is 0. The highest BCUT2D eigenvalue weighted by Crippen LogP contribution is 2.13. The number of benzene rings is 1. The zero-order chi connectivity index (χ0) is 13.8. The molecule has 3 rings (SSSR count). The number of aromatic nitrogens is 2. The predicted molar refractivity (Wildman–Crippen MR) is 82.7 cm³/mol. The first-order valence-corrected chi connectivity index (χ1v) is 7.69. The molecule has 0 bridgehead atoms. The van der Waals surface area contributed by atoms with Crippen molar-refractivity contribution in [3.05, 3.63) is 30.0 Å². The van der Waals surface area contributed by atoms with Crippen molar-refractivity contribution in [2.24, 2.45) is 0 Å². The molecule has 2 N–H and O–H groups in total. The van der Waals surface area contributed by atoms with Crippen LogP contribution in [0.25, 0.3) is 10.9 Å². The van der Waals surface area contributed by atoms with E-state index >= 15 is 0 Å². The molecule has 20 heavy (non-hydrogen) atoms. The van der Waals surface area contributed by atoms with Crippen molar-refractivity contribution in [3.63, 3.8) is 0 Å². The van der Waals surface area contributed by atoms with Crippen LogP contribution < -0.4 is 5.32 Å². The SMILES string of the molecule is CC(CN1CCCCC1)NCc1ccc2cn[nH]c2c1. The standard InChI is InChI=1S/C16H24N4/c1-13(12-20-7-3-2-4-8-20)17-10-14-5-6-15-11-18-19-16(15)9-14/h5-6,9,11,13,17H,2-4,7-8,10,12H2,1H3,(H,18,19). The second-order valence-electron chi connectivity index (χ2n) is 5.93. The quantitative estimate of drug-likeness (QED) is 0.879. The maximum atomic E-state index is 4.06. The maximum Gasteiger partial charge on any atom is 0.0653 e. The average molecular weight is 272 g/mol. The lowest BCUT2D eigenvalue weighted by molar-refractivity contribution is 0.209. The van der Waals surface area contributed by atoms with Gasteiger partial charge in [-0.05, 0) is 44.5 Å². The molecule has 1 saturated heterocycles. The third-order valence-corrected chi connectivity index (χ3v) is 4.14. The number of nitrogens with one attached hydrogen (secondary N) is 2. The van der Waals surface area contributed by atoms with Crippen molar-refractivity contribution >= 4 is 10.9 Å². The molecule has 4 heteroatoms. The molecular weight excluding hydrogens is 248 g/mol. The fraction of sp³-hybridized carbons (Fsp3) is 0.562. The van der Waals surface area contributed by atoms with Gasteiger partial charge in [-0.3, -0.25) is 5.10 Å². The van der Waals surface area contributed by atoms with Crippen molar-refractivity contribution in [2.75, 3.05) is 19.6 Å². The summed E-state index contributed by atoms with van der Waals surface area (Å²) >= 11 is 0. The summed E-state index contributed by atoms with van der Waals surface area (Å²) in [7, 11) is 0. The van der Waals surface area contributed by atoms with Crippen LogP contribution in [-0.2, 0) is 6.54 Å². The maximum absolute atomic E-state index is 4.06. The molecular formula is C16H24N4. The van der Waals surface area contributed by atoms with Crippen molar-refractivity contribution in [1.29, 1.82) is 0 Å². The Morgan fingerprint density at radius 1 is 1.30 bits per heavy atom. The van der Waals surface area contributed by atoms with E-state index in [1.165, 1.54) is 43.3 Å². The van der Waals surface area contributed by atoms with Crippen LogP contribution >= 0.6 is 0 Å². The summed E-state index contributed by atoms with van der Waals surface area (Å²) in [6, 6.07) is 7.03. The lowest BCUT2D eigenvalue weighted by Gasteiger charge is -2.29. The van der Waals surface area contributed by atoms with Crippen molar-refractivity contribution in [3.8, 4) is 0 Å². The van der Waals surface area contributed by atoms with Crippen LogP contribution in [0.15, 0.2) is 24.4 Å². The van der Waals surface area contributed by atoms with E-state index < -0.39 is 0 Å². The minimum Gasteiger partial charge on any atom is -0.309 e. The lowest BCUT2D eigenvalue weighted by atomic mass is 10.1. The molecule has 0 saturated carbocycles. The van der Waals surface area contributed by atoms with Crippen LogP contribution in [0.1, 0.15) is 31.7 Å². The van der Waals surface area contributed by atoms with E-state index in [-0.39, 0.29) is 0 Å². The van der Waals surface area contributed by atoms with Gasteiger partial charge in [0.2, 0.25) is 0 Å². The third kappa shape index (κ3) is 3.38. The highest BCUT2D eigenvalue weighted by molar-refractivity contribution is 5.78. The minimum absolute atomic E-state index is 0.533. The number of hydrogen-bond acceptors (Lipinski definition) is 3. The topological polar surface area (TPSA) is 44.0 Å². The first-order valence-electron chi connectivity index (χ1n) is 7.69. The van der Waals surface area contributed by atoms with Gasteiger partial charge in [0.15, 0.2) is 0 Å². The molecule has 1 fully saturated rings. The van der Waals surface area contributed by atoms with Gasteiger partial charge >= 0.3 is 0 Å². The van der Waals surface area contributed by atoms with Crippen molar-refractivity contribution < 1.29 is 0 Å². The van der Waals surface area contributed by atoms with Crippen LogP contribution in [0, 0.1) is 0 Å². The van der Waals surface area contributed by atoms with Gasteiger partial charge in [-0.1, -0.05) is 18.6 Å². The second kappa shape index (κ2) is 6.37. The zero-order valence-electron chi connectivity index (χ0n) is 12.2. The van der Waals surface area contributed by atoms with Gasteiger partial charge in [0.25, 0.3) is 0 Å². The zero-order valence-corrected chi connectivity index (χ0v) is 12.2. The molecule has 0 aliphatic carbocycles. The van der Waals surface area contributed by atoms with Crippen molar-refractivity contribution in [2.45, 2.75) is 38.8 Å². The first kappa shape index (κ1) is 13.6. The number of nitrogens with zero attached hydrogens (tertiary/aromatic N) is 2.